The van der Waals surface area contributed by atoms with Gasteiger partial charge in [0.1, 0.15) is 6.04 Å². The van der Waals surface area contributed by atoms with Gasteiger partial charge in [-0.05, 0) is 44.1 Å². The van der Waals surface area contributed by atoms with E-state index in [1.165, 1.54) is 12.8 Å². The van der Waals surface area contributed by atoms with E-state index in [0.717, 1.165) is 37.1 Å². The Balaban J connectivity index is 1.69. The molecule has 4 nitrogen and oxygen atoms in total. The first-order chi connectivity index (χ1) is 11.6. The van der Waals surface area contributed by atoms with Crippen molar-refractivity contribution in [2.45, 2.75) is 45.1 Å². The monoisotopic (exact) mass is 326 g/mol. The highest BCUT2D eigenvalue weighted by atomic mass is 16.2. The maximum absolute atomic E-state index is 12.8. The normalized spacial score (nSPS) is 19.2. The topological polar surface area (TPSA) is 49.4 Å². The summed E-state index contributed by atoms with van der Waals surface area (Å²) < 4.78 is 0. The number of likely N-dealkylation sites (tertiary alicyclic amines) is 1. The molecule has 1 saturated heterocycles. The average molecular weight is 326 g/mol. The van der Waals surface area contributed by atoms with Gasteiger partial charge in [-0.15, -0.1) is 0 Å². The van der Waals surface area contributed by atoms with E-state index in [-0.39, 0.29) is 11.8 Å². The minimum atomic E-state index is -0.485. The summed E-state index contributed by atoms with van der Waals surface area (Å²) in [6.45, 7) is 3.61. The Hall–Kier alpha value is -2.10. The number of rotatable bonds is 6. The van der Waals surface area contributed by atoms with Crippen LogP contribution in [0.15, 0.2) is 42.0 Å². The van der Waals surface area contributed by atoms with E-state index in [1.807, 2.05) is 42.2 Å². The Bertz CT molecular complexity index is 614. The van der Waals surface area contributed by atoms with E-state index < -0.39 is 6.04 Å². The first-order valence-electron chi connectivity index (χ1n) is 8.95. The molecule has 1 atom stereocenters. The fourth-order valence-corrected chi connectivity index (χ4v) is 3.28. The third kappa shape index (κ3) is 4.47. The van der Waals surface area contributed by atoms with E-state index in [0.29, 0.717) is 12.3 Å². The Morgan fingerprint density at radius 2 is 1.88 bits per heavy atom. The molecule has 0 aromatic heterocycles. The van der Waals surface area contributed by atoms with Crippen LogP contribution < -0.4 is 5.32 Å². The second-order valence-electron chi connectivity index (χ2n) is 6.95. The molecule has 0 bridgehead atoms. The third-order valence-corrected chi connectivity index (χ3v) is 4.90. The van der Waals surface area contributed by atoms with Gasteiger partial charge in [-0.25, -0.2) is 0 Å². The van der Waals surface area contributed by atoms with Crippen molar-refractivity contribution in [1.29, 1.82) is 0 Å². The molecular weight excluding hydrogens is 300 g/mol. The summed E-state index contributed by atoms with van der Waals surface area (Å²) in [7, 11) is 0. The minimum absolute atomic E-state index is 0.0437. The van der Waals surface area contributed by atoms with Crippen molar-refractivity contribution >= 4 is 11.8 Å². The second-order valence-corrected chi connectivity index (χ2v) is 6.95. The molecule has 0 unspecified atom stereocenters. The summed E-state index contributed by atoms with van der Waals surface area (Å²) >= 11 is 0. The van der Waals surface area contributed by atoms with Gasteiger partial charge in [0.25, 0.3) is 0 Å². The number of hydrogen-bond donors (Lipinski definition) is 1. The number of amides is 2. The third-order valence-electron chi connectivity index (χ3n) is 4.90. The van der Waals surface area contributed by atoms with E-state index in [1.54, 1.807) is 6.08 Å². The van der Waals surface area contributed by atoms with Crippen LogP contribution in [-0.4, -0.2) is 35.8 Å². The van der Waals surface area contributed by atoms with Crippen LogP contribution >= 0.6 is 0 Å². The Morgan fingerprint density at radius 1 is 1.21 bits per heavy atom. The lowest BCUT2D eigenvalue weighted by Gasteiger charge is -2.24. The number of benzene rings is 1. The zero-order valence-electron chi connectivity index (χ0n) is 14.3. The van der Waals surface area contributed by atoms with Crippen molar-refractivity contribution in [3.8, 4) is 0 Å². The zero-order valence-corrected chi connectivity index (χ0v) is 14.3. The van der Waals surface area contributed by atoms with Crippen molar-refractivity contribution < 1.29 is 9.59 Å². The molecule has 2 aliphatic rings. The molecule has 1 heterocycles. The van der Waals surface area contributed by atoms with Crippen molar-refractivity contribution in [3.63, 3.8) is 0 Å². The first-order valence-corrected chi connectivity index (χ1v) is 8.95. The van der Waals surface area contributed by atoms with Crippen LogP contribution in [0.1, 0.15) is 38.2 Å². The van der Waals surface area contributed by atoms with E-state index >= 15 is 0 Å². The van der Waals surface area contributed by atoms with Crippen LogP contribution in [0.4, 0.5) is 0 Å². The largest absolute Gasteiger partial charge is 0.341 e. The average Bonchev–Trinajstić information content (AvgIpc) is 3.29. The fourth-order valence-electron chi connectivity index (χ4n) is 3.28. The van der Waals surface area contributed by atoms with E-state index in [2.05, 4.69) is 5.32 Å². The van der Waals surface area contributed by atoms with Gasteiger partial charge in [-0.2, -0.15) is 0 Å². The van der Waals surface area contributed by atoms with Gasteiger partial charge in [0, 0.05) is 25.6 Å². The second kappa shape index (κ2) is 7.65. The number of carbonyl (C=O) groups excluding carboxylic acids is 2. The molecule has 1 aromatic rings. The Kier molecular flexibility index (Phi) is 5.34. The van der Waals surface area contributed by atoms with Crippen LogP contribution in [0.3, 0.4) is 0 Å². The van der Waals surface area contributed by atoms with Crippen molar-refractivity contribution in [3.05, 3.63) is 47.5 Å². The predicted molar refractivity (Wildman–Crippen MR) is 94.4 cm³/mol. The molecule has 128 valence electrons. The molecule has 1 aliphatic heterocycles. The van der Waals surface area contributed by atoms with Gasteiger partial charge in [0.05, 0.1) is 0 Å². The minimum Gasteiger partial charge on any atom is -0.341 e. The number of allylic oxidation sites excluding steroid dienone is 1. The molecule has 0 spiro atoms. The van der Waals surface area contributed by atoms with Crippen LogP contribution in [0.25, 0.3) is 0 Å². The quantitative estimate of drug-likeness (QED) is 0.817. The molecule has 24 heavy (non-hydrogen) atoms. The Morgan fingerprint density at radius 3 is 2.50 bits per heavy atom. The van der Waals surface area contributed by atoms with Crippen molar-refractivity contribution in [2.75, 3.05) is 13.1 Å². The standard InChI is InChI=1S/C20H26N2O2/c1-15(17-9-10-17)13-19(23)21-18(14-16-7-3-2-4-8-16)20(24)22-11-5-6-12-22/h2-4,7-8,13,17-18H,5-6,9-12,14H2,1H3,(H,21,23)/b15-13-/t18-/m0/s1. The highest BCUT2D eigenvalue weighted by molar-refractivity contribution is 5.93. The summed E-state index contributed by atoms with van der Waals surface area (Å²) in [4.78, 5) is 27.0. The van der Waals surface area contributed by atoms with E-state index in [4.69, 9.17) is 0 Å². The Labute approximate surface area is 143 Å². The first kappa shape index (κ1) is 16.7. The summed E-state index contributed by atoms with van der Waals surface area (Å²) in [5, 5.41) is 2.95. The van der Waals surface area contributed by atoms with Crippen molar-refractivity contribution in [2.24, 2.45) is 5.92 Å². The lowest BCUT2D eigenvalue weighted by Crippen LogP contribution is -2.48. The molecular formula is C20H26N2O2. The van der Waals surface area contributed by atoms with Gasteiger partial charge in [-0.3, -0.25) is 9.59 Å². The molecule has 2 fully saturated rings. The molecule has 4 heteroatoms. The van der Waals surface area contributed by atoms with Gasteiger partial charge in [-0.1, -0.05) is 35.9 Å². The lowest BCUT2D eigenvalue weighted by atomic mass is 10.0. The highest BCUT2D eigenvalue weighted by Crippen LogP contribution is 2.35. The number of nitrogens with one attached hydrogen (secondary N) is 1. The number of carbonyl (C=O) groups is 2. The summed E-state index contributed by atoms with van der Waals surface area (Å²) in [5.74, 6) is 0.465. The predicted octanol–water partition coefficient (Wildman–Crippen LogP) is 2.69. The maximum Gasteiger partial charge on any atom is 0.245 e. The summed E-state index contributed by atoms with van der Waals surface area (Å²) in [6.07, 6.45) is 6.67. The van der Waals surface area contributed by atoms with E-state index in [9.17, 15) is 9.59 Å². The fraction of sp³-hybridized carbons (Fsp3) is 0.500. The number of nitrogens with zero attached hydrogens (tertiary/aromatic N) is 1. The van der Waals surface area contributed by atoms with Gasteiger partial charge in [0.2, 0.25) is 11.8 Å². The molecule has 1 aromatic carbocycles. The molecule has 1 aliphatic carbocycles. The summed E-state index contributed by atoms with van der Waals surface area (Å²) in [5.41, 5.74) is 2.19. The van der Waals surface area contributed by atoms with Crippen LogP contribution in [-0.2, 0) is 16.0 Å². The van der Waals surface area contributed by atoms with Gasteiger partial charge >= 0.3 is 0 Å². The van der Waals surface area contributed by atoms with Crippen LogP contribution in [0.2, 0.25) is 0 Å². The molecule has 1 saturated carbocycles. The molecule has 0 radical (unpaired) electrons. The smallest absolute Gasteiger partial charge is 0.245 e. The lowest BCUT2D eigenvalue weighted by molar-refractivity contribution is -0.134. The molecule has 2 amide bonds. The molecule has 1 N–H and O–H groups in total. The van der Waals surface area contributed by atoms with Crippen LogP contribution in [0.5, 0.6) is 0 Å². The zero-order chi connectivity index (χ0) is 16.9. The SMILES string of the molecule is C/C(=C/C(=O)N[C@@H](Cc1ccccc1)C(=O)N1CCCC1)C1CC1. The van der Waals surface area contributed by atoms with Crippen molar-refractivity contribution in [1.82, 2.24) is 10.2 Å². The number of hydrogen-bond acceptors (Lipinski definition) is 2. The van der Waals surface area contributed by atoms with Crippen LogP contribution in [0, 0.1) is 5.92 Å². The maximum atomic E-state index is 12.8. The molecule has 3 rings (SSSR count). The van der Waals surface area contributed by atoms with Gasteiger partial charge in [0.15, 0.2) is 0 Å². The summed E-state index contributed by atoms with van der Waals surface area (Å²) in [6, 6.07) is 9.41. The van der Waals surface area contributed by atoms with Gasteiger partial charge < -0.3 is 10.2 Å². The highest BCUT2D eigenvalue weighted by Gasteiger charge is 2.28.